The Balaban J connectivity index is 0.00000338. The zero-order valence-corrected chi connectivity index (χ0v) is 18.5. The highest BCUT2D eigenvalue weighted by atomic mass is 127. The van der Waals surface area contributed by atoms with Crippen LogP contribution in [0.1, 0.15) is 28.6 Å². The summed E-state index contributed by atoms with van der Waals surface area (Å²) in [5.74, 6) is 0.723. The van der Waals surface area contributed by atoms with Crippen LogP contribution in [0.25, 0.3) is 0 Å². The fourth-order valence-corrected chi connectivity index (χ4v) is 2.96. The normalized spacial score (nSPS) is 10.8. The number of nitrogens with zero attached hydrogens (tertiary/aromatic N) is 1. The summed E-state index contributed by atoms with van der Waals surface area (Å²) in [7, 11) is 0. The topological polar surface area (TPSA) is 65.5 Å². The summed E-state index contributed by atoms with van der Waals surface area (Å²) in [5, 5.41) is 12.0. The van der Waals surface area contributed by atoms with E-state index in [1.54, 1.807) is 0 Å². The van der Waals surface area contributed by atoms with E-state index in [2.05, 4.69) is 20.9 Å². The first-order chi connectivity index (χ1) is 12.2. The van der Waals surface area contributed by atoms with Gasteiger partial charge < -0.3 is 16.0 Å². The molecule has 0 saturated heterocycles. The van der Waals surface area contributed by atoms with Crippen LogP contribution in [0.5, 0.6) is 0 Å². The lowest BCUT2D eigenvalue weighted by Crippen LogP contribution is -2.38. The predicted octanol–water partition coefficient (Wildman–Crippen LogP) is 3.89. The van der Waals surface area contributed by atoms with Crippen molar-refractivity contribution in [1.29, 1.82) is 0 Å². The quantitative estimate of drug-likeness (QED) is 0.220. The van der Waals surface area contributed by atoms with Crippen LogP contribution in [-0.4, -0.2) is 31.5 Å². The van der Waals surface area contributed by atoms with Crippen molar-refractivity contribution < 1.29 is 4.79 Å². The van der Waals surface area contributed by atoms with Gasteiger partial charge in [-0.15, -0.1) is 35.3 Å². The van der Waals surface area contributed by atoms with E-state index in [4.69, 9.17) is 11.6 Å². The molecule has 1 aromatic heterocycles. The molecule has 8 heteroatoms. The number of carbonyl (C=O) groups excluding carboxylic acids is 1. The standard InChI is InChI=1S/C18H23ClN4OS.HI/c1-2-20-18(23-13-14-7-3-4-8-15(14)19)22-11-6-10-21-17(24)16-9-5-12-25-16;/h3-5,7-9,12H,2,6,10-11,13H2,1H3,(H,21,24)(H2,20,22,23);1H. The van der Waals surface area contributed by atoms with Gasteiger partial charge in [0.25, 0.3) is 5.91 Å². The fraction of sp³-hybridized carbons (Fsp3) is 0.333. The highest BCUT2D eigenvalue weighted by Crippen LogP contribution is 2.15. The minimum absolute atomic E-state index is 0. The van der Waals surface area contributed by atoms with Gasteiger partial charge in [0, 0.05) is 24.7 Å². The third-order valence-electron chi connectivity index (χ3n) is 3.39. The maximum atomic E-state index is 11.8. The van der Waals surface area contributed by atoms with Gasteiger partial charge in [0.05, 0.1) is 11.4 Å². The molecular weight excluding hydrogens is 483 g/mol. The Morgan fingerprint density at radius 2 is 1.88 bits per heavy atom. The van der Waals surface area contributed by atoms with E-state index in [1.807, 2.05) is 48.7 Å². The predicted molar refractivity (Wildman–Crippen MR) is 121 cm³/mol. The Morgan fingerprint density at radius 1 is 1.12 bits per heavy atom. The number of hydrogen-bond acceptors (Lipinski definition) is 3. The number of hydrogen-bond donors (Lipinski definition) is 3. The van der Waals surface area contributed by atoms with Crippen LogP contribution in [-0.2, 0) is 6.54 Å². The number of halogens is 2. The number of aliphatic imine (C=N–C) groups is 1. The molecule has 5 nitrogen and oxygen atoms in total. The van der Waals surface area contributed by atoms with Crippen molar-refractivity contribution in [2.24, 2.45) is 4.99 Å². The lowest BCUT2D eigenvalue weighted by Gasteiger charge is -2.11. The third kappa shape index (κ3) is 7.92. The summed E-state index contributed by atoms with van der Waals surface area (Å²) >= 11 is 7.60. The van der Waals surface area contributed by atoms with Crippen LogP contribution < -0.4 is 16.0 Å². The molecule has 0 aliphatic rings. The van der Waals surface area contributed by atoms with E-state index >= 15 is 0 Å². The molecule has 0 fully saturated rings. The molecule has 0 unspecified atom stereocenters. The Bertz CT molecular complexity index is 694. The van der Waals surface area contributed by atoms with Crippen molar-refractivity contribution in [1.82, 2.24) is 16.0 Å². The summed E-state index contributed by atoms with van der Waals surface area (Å²) < 4.78 is 0. The SMILES string of the molecule is CCNC(=NCc1ccccc1Cl)NCCCNC(=O)c1cccs1.I. The third-order valence-corrected chi connectivity index (χ3v) is 4.62. The Hall–Kier alpha value is -1.32. The first-order valence-corrected chi connectivity index (χ1v) is 9.53. The molecule has 0 atom stereocenters. The zero-order chi connectivity index (χ0) is 17.9. The van der Waals surface area contributed by atoms with Crippen LogP contribution in [0.2, 0.25) is 5.02 Å². The smallest absolute Gasteiger partial charge is 0.261 e. The summed E-state index contributed by atoms with van der Waals surface area (Å²) in [4.78, 5) is 17.1. The molecule has 2 aromatic rings. The minimum atomic E-state index is -0.0192. The number of nitrogens with one attached hydrogen (secondary N) is 3. The molecule has 1 aromatic carbocycles. The fourth-order valence-electron chi connectivity index (χ4n) is 2.12. The summed E-state index contributed by atoms with van der Waals surface area (Å²) in [6.45, 7) is 4.66. The van der Waals surface area contributed by atoms with E-state index in [9.17, 15) is 4.79 Å². The molecular formula is C18H24ClIN4OS. The molecule has 1 heterocycles. The number of benzene rings is 1. The number of thiophene rings is 1. The van der Waals surface area contributed by atoms with E-state index in [0.29, 0.717) is 13.1 Å². The Morgan fingerprint density at radius 3 is 2.58 bits per heavy atom. The van der Waals surface area contributed by atoms with E-state index in [0.717, 1.165) is 40.9 Å². The zero-order valence-electron chi connectivity index (χ0n) is 14.6. The number of rotatable bonds is 8. The van der Waals surface area contributed by atoms with Crippen molar-refractivity contribution in [3.05, 3.63) is 57.2 Å². The second-order valence-corrected chi connectivity index (χ2v) is 6.66. The van der Waals surface area contributed by atoms with Gasteiger partial charge in [0.15, 0.2) is 5.96 Å². The maximum absolute atomic E-state index is 11.8. The van der Waals surface area contributed by atoms with Crippen molar-refractivity contribution in [2.75, 3.05) is 19.6 Å². The van der Waals surface area contributed by atoms with E-state index in [-0.39, 0.29) is 29.9 Å². The van der Waals surface area contributed by atoms with Gasteiger partial charge in [0.2, 0.25) is 0 Å². The average molecular weight is 507 g/mol. The maximum Gasteiger partial charge on any atom is 0.261 e. The minimum Gasteiger partial charge on any atom is -0.357 e. The molecule has 0 aliphatic carbocycles. The van der Waals surface area contributed by atoms with Gasteiger partial charge in [-0.1, -0.05) is 35.9 Å². The molecule has 1 amide bonds. The molecule has 2 rings (SSSR count). The molecule has 3 N–H and O–H groups in total. The van der Waals surface area contributed by atoms with Crippen LogP contribution in [0.4, 0.5) is 0 Å². The average Bonchev–Trinajstić information content (AvgIpc) is 3.15. The van der Waals surface area contributed by atoms with Crippen molar-refractivity contribution >= 4 is 58.8 Å². The lowest BCUT2D eigenvalue weighted by atomic mass is 10.2. The summed E-state index contributed by atoms with van der Waals surface area (Å²) in [6, 6.07) is 11.4. The molecule has 142 valence electrons. The van der Waals surface area contributed by atoms with Crippen LogP contribution in [0.3, 0.4) is 0 Å². The van der Waals surface area contributed by atoms with E-state index < -0.39 is 0 Å². The van der Waals surface area contributed by atoms with Crippen LogP contribution in [0, 0.1) is 0 Å². The highest BCUT2D eigenvalue weighted by molar-refractivity contribution is 14.0. The van der Waals surface area contributed by atoms with Crippen molar-refractivity contribution in [3.63, 3.8) is 0 Å². The second kappa shape index (κ2) is 12.9. The molecule has 0 spiro atoms. The van der Waals surface area contributed by atoms with Gasteiger partial charge in [-0.25, -0.2) is 4.99 Å². The Labute approximate surface area is 180 Å². The second-order valence-electron chi connectivity index (χ2n) is 5.30. The van der Waals surface area contributed by atoms with Gasteiger partial charge in [-0.05, 0) is 36.4 Å². The van der Waals surface area contributed by atoms with Gasteiger partial charge in [-0.2, -0.15) is 0 Å². The van der Waals surface area contributed by atoms with Crippen molar-refractivity contribution in [2.45, 2.75) is 19.9 Å². The molecule has 0 saturated carbocycles. The van der Waals surface area contributed by atoms with Crippen LogP contribution >= 0.6 is 46.9 Å². The number of amides is 1. The molecule has 0 radical (unpaired) electrons. The van der Waals surface area contributed by atoms with Crippen molar-refractivity contribution in [3.8, 4) is 0 Å². The summed E-state index contributed by atoms with van der Waals surface area (Å²) in [5.41, 5.74) is 0.990. The monoisotopic (exact) mass is 506 g/mol. The largest absolute Gasteiger partial charge is 0.357 e. The van der Waals surface area contributed by atoms with Gasteiger partial charge in [-0.3, -0.25) is 4.79 Å². The van der Waals surface area contributed by atoms with Gasteiger partial charge >= 0.3 is 0 Å². The van der Waals surface area contributed by atoms with E-state index in [1.165, 1.54) is 11.3 Å². The first-order valence-electron chi connectivity index (χ1n) is 8.28. The lowest BCUT2D eigenvalue weighted by molar-refractivity contribution is 0.0957. The summed E-state index contributed by atoms with van der Waals surface area (Å²) in [6.07, 6.45) is 0.813. The molecule has 26 heavy (non-hydrogen) atoms. The van der Waals surface area contributed by atoms with Crippen LogP contribution in [0.15, 0.2) is 46.8 Å². The number of guanidine groups is 1. The first kappa shape index (κ1) is 22.7. The highest BCUT2D eigenvalue weighted by Gasteiger charge is 2.05. The molecule has 0 bridgehead atoms. The number of carbonyl (C=O) groups is 1. The molecule has 0 aliphatic heterocycles. The van der Waals surface area contributed by atoms with Gasteiger partial charge in [0.1, 0.15) is 0 Å². The Kier molecular flexibility index (Phi) is 11.3.